The first-order valence-corrected chi connectivity index (χ1v) is 8.51. The molecule has 1 heterocycles. The first kappa shape index (κ1) is 14.5. The fourth-order valence-corrected chi connectivity index (χ4v) is 3.70. The predicted octanol–water partition coefficient (Wildman–Crippen LogP) is 2.65. The summed E-state index contributed by atoms with van der Waals surface area (Å²) < 4.78 is 17.5. The van der Waals surface area contributed by atoms with Crippen molar-refractivity contribution in [1.82, 2.24) is 5.32 Å². The lowest BCUT2D eigenvalue weighted by molar-refractivity contribution is 0.317. The molecule has 0 aromatic heterocycles. The topological polar surface area (TPSA) is 38.3 Å². The molecule has 3 unspecified atom stereocenters. The molecule has 0 aliphatic carbocycles. The van der Waals surface area contributed by atoms with Crippen molar-refractivity contribution in [2.75, 3.05) is 18.1 Å². The van der Waals surface area contributed by atoms with Gasteiger partial charge in [0, 0.05) is 34.4 Å². The lowest BCUT2D eigenvalue weighted by Crippen LogP contribution is -2.30. The zero-order valence-corrected chi connectivity index (χ0v) is 12.5. The highest BCUT2D eigenvalue weighted by molar-refractivity contribution is 7.85. The largest absolute Gasteiger partial charge is 0.494 e. The Morgan fingerprint density at radius 1 is 1.37 bits per heavy atom. The molecule has 3 atom stereocenters. The number of nitrogens with one attached hydrogen (secondary N) is 1. The van der Waals surface area contributed by atoms with Crippen LogP contribution in [0.25, 0.3) is 0 Å². The third kappa shape index (κ3) is 4.32. The van der Waals surface area contributed by atoms with Crippen molar-refractivity contribution in [1.29, 1.82) is 0 Å². The molecule has 0 spiro atoms. The summed E-state index contributed by atoms with van der Waals surface area (Å²) >= 11 is 0. The average molecular weight is 281 g/mol. The van der Waals surface area contributed by atoms with Gasteiger partial charge in [-0.05, 0) is 37.5 Å². The Morgan fingerprint density at radius 3 is 2.79 bits per heavy atom. The van der Waals surface area contributed by atoms with Crippen LogP contribution in [0.15, 0.2) is 24.3 Å². The minimum Gasteiger partial charge on any atom is -0.494 e. The summed E-state index contributed by atoms with van der Waals surface area (Å²) in [4.78, 5) is 0. The minimum absolute atomic E-state index is 0.193. The monoisotopic (exact) mass is 281 g/mol. The Labute approximate surface area is 118 Å². The molecule has 1 aromatic carbocycles. The van der Waals surface area contributed by atoms with Gasteiger partial charge in [0.25, 0.3) is 0 Å². The number of hydrogen-bond donors (Lipinski definition) is 1. The fourth-order valence-electron chi connectivity index (χ4n) is 2.26. The van der Waals surface area contributed by atoms with Crippen molar-refractivity contribution in [3.05, 3.63) is 29.8 Å². The molecular formula is C15H23NO2S. The first-order valence-electron chi connectivity index (χ1n) is 7.03. The third-order valence-corrected chi connectivity index (χ3v) is 4.77. The van der Waals surface area contributed by atoms with Crippen LogP contribution >= 0.6 is 0 Å². The van der Waals surface area contributed by atoms with Gasteiger partial charge in [-0.2, -0.15) is 0 Å². The van der Waals surface area contributed by atoms with Gasteiger partial charge in [-0.15, -0.1) is 0 Å². The Morgan fingerprint density at radius 2 is 2.11 bits per heavy atom. The van der Waals surface area contributed by atoms with E-state index in [0.717, 1.165) is 31.0 Å². The summed E-state index contributed by atoms with van der Waals surface area (Å²) in [5.74, 6) is 2.43. The van der Waals surface area contributed by atoms with Gasteiger partial charge in [0.15, 0.2) is 0 Å². The lowest BCUT2D eigenvalue weighted by atomic mass is 10.1. The van der Waals surface area contributed by atoms with E-state index in [1.54, 1.807) is 0 Å². The van der Waals surface area contributed by atoms with E-state index >= 15 is 0 Å². The third-order valence-electron chi connectivity index (χ3n) is 3.37. The molecule has 1 fully saturated rings. The zero-order chi connectivity index (χ0) is 13.7. The Balaban J connectivity index is 2.05. The van der Waals surface area contributed by atoms with Crippen molar-refractivity contribution in [3.8, 4) is 5.75 Å². The van der Waals surface area contributed by atoms with Gasteiger partial charge in [-0.1, -0.05) is 19.1 Å². The van der Waals surface area contributed by atoms with Crippen LogP contribution in [0.1, 0.15) is 38.3 Å². The maximum atomic E-state index is 11.9. The van der Waals surface area contributed by atoms with Crippen LogP contribution in [0, 0.1) is 0 Å². The summed E-state index contributed by atoms with van der Waals surface area (Å²) in [5, 5.41) is 3.55. The molecule has 1 aliphatic heterocycles. The van der Waals surface area contributed by atoms with Gasteiger partial charge in [0.05, 0.1) is 6.61 Å². The van der Waals surface area contributed by atoms with Gasteiger partial charge < -0.3 is 10.1 Å². The molecule has 19 heavy (non-hydrogen) atoms. The number of benzene rings is 1. The molecular weight excluding hydrogens is 258 g/mol. The molecule has 1 saturated heterocycles. The fraction of sp³-hybridized carbons (Fsp3) is 0.600. The highest BCUT2D eigenvalue weighted by Gasteiger charge is 2.21. The van der Waals surface area contributed by atoms with Crippen molar-refractivity contribution in [3.63, 3.8) is 0 Å². The molecule has 0 saturated carbocycles. The van der Waals surface area contributed by atoms with Crippen molar-refractivity contribution >= 4 is 10.8 Å². The highest BCUT2D eigenvalue weighted by Crippen LogP contribution is 2.22. The van der Waals surface area contributed by atoms with Crippen LogP contribution < -0.4 is 10.1 Å². The number of ether oxygens (including phenoxy) is 1. The molecule has 1 aliphatic rings. The molecule has 4 heteroatoms. The maximum Gasteiger partial charge on any atom is 0.119 e. The van der Waals surface area contributed by atoms with E-state index in [4.69, 9.17) is 4.74 Å². The Bertz CT molecular complexity index is 419. The molecule has 0 radical (unpaired) electrons. The van der Waals surface area contributed by atoms with Crippen LogP contribution in [0.3, 0.4) is 0 Å². The van der Waals surface area contributed by atoms with E-state index in [2.05, 4.69) is 31.3 Å². The predicted molar refractivity (Wildman–Crippen MR) is 80.1 cm³/mol. The van der Waals surface area contributed by atoms with Gasteiger partial charge >= 0.3 is 0 Å². The highest BCUT2D eigenvalue weighted by atomic mass is 32.2. The van der Waals surface area contributed by atoms with E-state index in [-0.39, 0.29) is 6.04 Å². The summed E-state index contributed by atoms with van der Waals surface area (Å²) in [6, 6.07) is 8.79. The van der Waals surface area contributed by atoms with E-state index in [0.29, 0.717) is 11.8 Å². The summed E-state index contributed by atoms with van der Waals surface area (Å²) in [5.41, 5.74) is 1.20. The van der Waals surface area contributed by atoms with E-state index < -0.39 is 10.8 Å². The summed E-state index contributed by atoms with van der Waals surface area (Å²) in [6.45, 7) is 5.01. The van der Waals surface area contributed by atoms with E-state index in [1.807, 2.05) is 12.1 Å². The molecule has 106 valence electrons. The minimum atomic E-state index is -0.713. The first-order chi connectivity index (χ1) is 9.19. The molecule has 2 rings (SSSR count). The normalized spacial score (nSPS) is 27.8. The summed E-state index contributed by atoms with van der Waals surface area (Å²) in [6.07, 6.45) is 2.00. The summed E-state index contributed by atoms with van der Waals surface area (Å²) in [7, 11) is -0.713. The second kappa shape index (κ2) is 7.06. The molecule has 3 nitrogen and oxygen atoms in total. The van der Waals surface area contributed by atoms with E-state index in [1.165, 1.54) is 5.56 Å². The van der Waals surface area contributed by atoms with Crippen LogP contribution in [0.5, 0.6) is 5.75 Å². The van der Waals surface area contributed by atoms with Crippen LogP contribution in [-0.4, -0.2) is 28.4 Å². The smallest absolute Gasteiger partial charge is 0.119 e. The lowest BCUT2D eigenvalue weighted by Gasteiger charge is -2.19. The molecule has 1 N–H and O–H groups in total. The molecule has 1 aromatic rings. The second-order valence-electron chi connectivity index (χ2n) is 5.14. The van der Waals surface area contributed by atoms with E-state index in [9.17, 15) is 4.21 Å². The van der Waals surface area contributed by atoms with Gasteiger partial charge in [0.1, 0.15) is 5.75 Å². The number of hydrogen-bond acceptors (Lipinski definition) is 3. The van der Waals surface area contributed by atoms with Crippen molar-refractivity contribution in [2.24, 2.45) is 0 Å². The van der Waals surface area contributed by atoms with Crippen LogP contribution in [0.4, 0.5) is 0 Å². The maximum absolute atomic E-state index is 11.9. The Kier molecular flexibility index (Phi) is 5.40. The SMILES string of the molecule is CCCOc1ccc(C2CS(=O)CCC(C)N2)cc1. The van der Waals surface area contributed by atoms with Crippen molar-refractivity contribution < 1.29 is 8.95 Å². The Hall–Kier alpha value is -0.870. The second-order valence-corrected chi connectivity index (χ2v) is 6.76. The quantitative estimate of drug-likeness (QED) is 0.922. The van der Waals surface area contributed by atoms with Crippen LogP contribution in [0.2, 0.25) is 0 Å². The average Bonchev–Trinajstić information content (AvgIpc) is 2.59. The number of rotatable bonds is 4. The zero-order valence-electron chi connectivity index (χ0n) is 11.7. The van der Waals surface area contributed by atoms with Crippen LogP contribution in [-0.2, 0) is 10.8 Å². The molecule has 0 bridgehead atoms. The molecule has 0 amide bonds. The van der Waals surface area contributed by atoms with Gasteiger partial charge in [-0.25, -0.2) is 0 Å². The standard InChI is InChI=1S/C15H23NO2S/c1-3-9-18-14-6-4-13(5-7-14)15-11-19(17)10-8-12(2)16-15/h4-7,12,15-16H,3,8-11H2,1-2H3. The van der Waals surface area contributed by atoms with Gasteiger partial charge in [0.2, 0.25) is 0 Å². The van der Waals surface area contributed by atoms with Gasteiger partial charge in [-0.3, -0.25) is 4.21 Å². The van der Waals surface area contributed by atoms with Crippen molar-refractivity contribution in [2.45, 2.75) is 38.8 Å².